The number of aromatic nitrogens is 2. The van der Waals surface area contributed by atoms with Crippen LogP contribution < -0.4 is 19.5 Å². The van der Waals surface area contributed by atoms with Gasteiger partial charge in [0.25, 0.3) is 11.8 Å². The van der Waals surface area contributed by atoms with E-state index in [-0.39, 0.29) is 11.9 Å². The number of carbonyl (C=O) groups is 1. The highest BCUT2D eigenvalue weighted by atomic mass is 35.5. The summed E-state index contributed by atoms with van der Waals surface area (Å²) in [5, 5.41) is 10.4. The number of ether oxygens (including phenoxy) is 3. The van der Waals surface area contributed by atoms with Gasteiger partial charge in [-0.3, -0.25) is 10.1 Å². The zero-order valence-electron chi connectivity index (χ0n) is 16.2. The van der Waals surface area contributed by atoms with Gasteiger partial charge in [-0.1, -0.05) is 16.7 Å². The van der Waals surface area contributed by atoms with Crippen molar-refractivity contribution in [3.8, 4) is 28.0 Å². The van der Waals surface area contributed by atoms with Gasteiger partial charge in [-0.2, -0.15) is 0 Å². The minimum Gasteiger partial charge on any atom is -0.490 e. The molecule has 8 nitrogen and oxygen atoms in total. The van der Waals surface area contributed by atoms with Crippen LogP contribution in [0.1, 0.15) is 31.1 Å². The molecule has 29 heavy (non-hydrogen) atoms. The van der Waals surface area contributed by atoms with E-state index in [4.69, 9.17) is 30.2 Å². The van der Waals surface area contributed by atoms with Gasteiger partial charge >= 0.3 is 6.01 Å². The van der Waals surface area contributed by atoms with Gasteiger partial charge in [0.15, 0.2) is 11.5 Å². The summed E-state index contributed by atoms with van der Waals surface area (Å²) in [5.74, 6) is 1.13. The van der Waals surface area contributed by atoms with Gasteiger partial charge in [-0.15, -0.1) is 16.4 Å². The Hall–Kier alpha value is -2.78. The molecule has 1 N–H and O–H groups in total. The number of amides is 1. The highest BCUT2D eigenvalue weighted by Crippen LogP contribution is 2.39. The lowest BCUT2D eigenvalue weighted by atomic mass is 10.1. The van der Waals surface area contributed by atoms with E-state index in [1.165, 1.54) is 11.3 Å². The first-order chi connectivity index (χ1) is 14.0. The number of hydrogen-bond acceptors (Lipinski definition) is 8. The van der Waals surface area contributed by atoms with E-state index < -0.39 is 5.91 Å². The molecule has 1 aromatic carbocycles. The van der Waals surface area contributed by atoms with E-state index in [0.29, 0.717) is 51.8 Å². The van der Waals surface area contributed by atoms with Crippen molar-refractivity contribution < 1.29 is 23.4 Å². The van der Waals surface area contributed by atoms with Gasteiger partial charge in [0.2, 0.25) is 5.75 Å². The van der Waals surface area contributed by atoms with Crippen molar-refractivity contribution in [3.63, 3.8) is 0 Å². The van der Waals surface area contributed by atoms with E-state index >= 15 is 0 Å². The molecule has 0 bridgehead atoms. The van der Waals surface area contributed by atoms with Crippen LogP contribution in [-0.2, 0) is 0 Å². The minimum absolute atomic E-state index is 0.0284. The monoisotopic (exact) mass is 437 g/mol. The summed E-state index contributed by atoms with van der Waals surface area (Å²) in [4.78, 5) is 13.4. The number of hydrogen-bond donors (Lipinski definition) is 1. The molecular formula is C19H20ClN3O5S. The fraction of sp³-hybridized carbons (Fsp3) is 0.316. The third-order valence-corrected chi connectivity index (χ3v) is 4.82. The Labute approximate surface area is 176 Å². The average Bonchev–Trinajstić information content (AvgIpc) is 3.33. The smallest absolute Gasteiger partial charge is 0.322 e. The number of thiophene rings is 1. The highest BCUT2D eigenvalue weighted by molar-refractivity contribution is 7.19. The lowest BCUT2D eigenvalue weighted by molar-refractivity contribution is 0.102. The Balaban J connectivity index is 1.85. The molecule has 0 saturated carbocycles. The van der Waals surface area contributed by atoms with Crippen LogP contribution in [0.3, 0.4) is 0 Å². The second-order valence-corrected chi connectivity index (χ2v) is 7.29. The second-order valence-electron chi connectivity index (χ2n) is 5.57. The maximum atomic E-state index is 12.7. The van der Waals surface area contributed by atoms with Crippen molar-refractivity contribution in [1.82, 2.24) is 10.2 Å². The third-order valence-electron chi connectivity index (χ3n) is 3.60. The number of carbonyl (C=O) groups excluding carboxylic acids is 1. The van der Waals surface area contributed by atoms with Gasteiger partial charge in [0.1, 0.15) is 0 Å². The van der Waals surface area contributed by atoms with Crippen LogP contribution in [0.5, 0.6) is 17.2 Å². The number of rotatable bonds is 9. The fourth-order valence-electron chi connectivity index (χ4n) is 2.49. The molecule has 0 saturated heterocycles. The summed E-state index contributed by atoms with van der Waals surface area (Å²) >= 11 is 7.22. The van der Waals surface area contributed by atoms with E-state index in [1.54, 1.807) is 24.3 Å². The van der Waals surface area contributed by atoms with E-state index in [9.17, 15) is 4.79 Å². The summed E-state index contributed by atoms with van der Waals surface area (Å²) in [6.45, 7) is 6.81. The average molecular weight is 438 g/mol. The molecule has 154 valence electrons. The summed E-state index contributed by atoms with van der Waals surface area (Å²) in [5.41, 5.74) is 0.305. The molecule has 10 heteroatoms. The third kappa shape index (κ3) is 4.99. The second kappa shape index (κ2) is 9.62. The largest absolute Gasteiger partial charge is 0.490 e. The lowest BCUT2D eigenvalue weighted by Gasteiger charge is -2.16. The Morgan fingerprint density at radius 2 is 1.72 bits per heavy atom. The van der Waals surface area contributed by atoms with Crippen LogP contribution in [0.15, 0.2) is 28.7 Å². The van der Waals surface area contributed by atoms with E-state index in [1.807, 2.05) is 20.8 Å². The zero-order valence-corrected chi connectivity index (χ0v) is 17.7. The van der Waals surface area contributed by atoms with Crippen LogP contribution >= 0.6 is 22.9 Å². The van der Waals surface area contributed by atoms with Gasteiger partial charge in [-0.25, -0.2) is 0 Å². The first kappa shape index (κ1) is 20.9. The first-order valence-electron chi connectivity index (χ1n) is 9.02. The number of anilines is 1. The van der Waals surface area contributed by atoms with Crippen LogP contribution in [0.4, 0.5) is 6.01 Å². The van der Waals surface area contributed by atoms with Crippen LogP contribution in [-0.4, -0.2) is 35.9 Å². The molecule has 0 unspecified atom stereocenters. The molecule has 0 atom stereocenters. The lowest BCUT2D eigenvalue weighted by Crippen LogP contribution is -2.13. The molecule has 0 aliphatic heterocycles. The fourth-order valence-corrected chi connectivity index (χ4v) is 3.46. The van der Waals surface area contributed by atoms with Gasteiger partial charge in [0, 0.05) is 5.56 Å². The normalized spacial score (nSPS) is 10.6. The topological polar surface area (TPSA) is 95.7 Å². The number of benzene rings is 1. The summed E-state index contributed by atoms with van der Waals surface area (Å²) in [6.07, 6.45) is 0. The molecule has 0 aliphatic rings. The van der Waals surface area contributed by atoms with Gasteiger partial charge in [0.05, 0.1) is 29.0 Å². The molecule has 1 amide bonds. The first-order valence-corrected chi connectivity index (χ1v) is 10.2. The minimum atomic E-state index is -0.450. The molecule has 2 heterocycles. The van der Waals surface area contributed by atoms with Crippen LogP contribution in [0.25, 0.3) is 10.8 Å². The summed E-state index contributed by atoms with van der Waals surface area (Å²) in [7, 11) is 0. The quantitative estimate of drug-likeness (QED) is 0.508. The maximum absolute atomic E-state index is 12.7. The molecule has 0 spiro atoms. The summed E-state index contributed by atoms with van der Waals surface area (Å²) < 4.78 is 23.0. The van der Waals surface area contributed by atoms with Crippen molar-refractivity contribution >= 4 is 34.9 Å². The highest BCUT2D eigenvalue weighted by Gasteiger charge is 2.20. The Morgan fingerprint density at radius 1 is 1.07 bits per heavy atom. The molecule has 0 fully saturated rings. The Bertz CT molecular complexity index is 961. The molecular weight excluding hydrogens is 418 g/mol. The predicted molar refractivity (Wildman–Crippen MR) is 111 cm³/mol. The molecule has 3 rings (SSSR count). The number of nitrogens with one attached hydrogen (secondary N) is 1. The maximum Gasteiger partial charge on any atom is 0.322 e. The van der Waals surface area contributed by atoms with E-state index in [2.05, 4.69) is 15.5 Å². The van der Waals surface area contributed by atoms with E-state index in [0.717, 1.165) is 0 Å². The molecule has 0 radical (unpaired) electrons. The van der Waals surface area contributed by atoms with Crippen molar-refractivity contribution in [3.05, 3.63) is 34.2 Å². The Kier molecular flexibility index (Phi) is 6.95. The molecule has 2 aromatic heterocycles. The number of nitrogens with zero attached hydrogens (tertiary/aromatic N) is 2. The van der Waals surface area contributed by atoms with Crippen molar-refractivity contribution in [2.75, 3.05) is 25.1 Å². The van der Waals surface area contributed by atoms with Crippen molar-refractivity contribution in [1.29, 1.82) is 0 Å². The predicted octanol–water partition coefficient (Wildman–Crippen LogP) is 4.90. The van der Waals surface area contributed by atoms with Gasteiger partial charge in [-0.05, 0) is 45.0 Å². The SMILES string of the molecule is CCOc1cc(C(=O)Nc2nnc(-c3ccc(Cl)s3)o2)cc(OCC)c1OCC. The van der Waals surface area contributed by atoms with Crippen LogP contribution in [0, 0.1) is 0 Å². The standard InChI is InChI=1S/C19H20ClN3O5S/c1-4-25-12-9-11(10-13(26-5-2)16(12)27-6-3)17(24)21-19-23-22-18(28-19)14-7-8-15(20)29-14/h7-10H,4-6H2,1-3H3,(H,21,23,24). The Morgan fingerprint density at radius 3 is 2.28 bits per heavy atom. The van der Waals surface area contributed by atoms with Crippen molar-refractivity contribution in [2.45, 2.75) is 20.8 Å². The summed E-state index contributed by atoms with van der Waals surface area (Å²) in [6, 6.07) is 6.64. The molecule has 0 aliphatic carbocycles. The molecule has 3 aromatic rings. The van der Waals surface area contributed by atoms with Crippen molar-refractivity contribution in [2.24, 2.45) is 0 Å². The van der Waals surface area contributed by atoms with Crippen LogP contribution in [0.2, 0.25) is 4.34 Å². The number of halogens is 1. The van der Waals surface area contributed by atoms with Gasteiger partial charge < -0.3 is 18.6 Å². The zero-order chi connectivity index (χ0) is 20.8.